The normalized spacial score (nSPS) is 10.3. The molecule has 0 atom stereocenters. The summed E-state index contributed by atoms with van der Waals surface area (Å²) >= 11 is 5.88. The van der Waals surface area contributed by atoms with E-state index in [0.717, 1.165) is 17.5 Å². The predicted molar refractivity (Wildman–Crippen MR) is 98.5 cm³/mol. The minimum atomic E-state index is -0.316. The molecule has 2 rings (SSSR count). The lowest BCUT2D eigenvalue weighted by Crippen LogP contribution is -2.36. The van der Waals surface area contributed by atoms with Crippen LogP contribution in [0.15, 0.2) is 54.6 Å². The number of carbonyl (C=O) groups excluding carboxylic acids is 2. The molecule has 0 aliphatic heterocycles. The summed E-state index contributed by atoms with van der Waals surface area (Å²) in [6, 6.07) is 17.2. The first-order valence-corrected chi connectivity index (χ1v) is 8.59. The standard InChI is InChI=1S/C20H22ClNO3/c1-25-20(24)12-14-22(13-11-16-5-3-2-4-6-16)19(23)15-17-7-9-18(21)10-8-17/h2-10H,11-15H2,1H3. The third-order valence-electron chi connectivity index (χ3n) is 3.95. The van der Waals surface area contributed by atoms with Crippen LogP contribution in [0.25, 0.3) is 0 Å². The van der Waals surface area contributed by atoms with E-state index in [0.29, 0.717) is 18.1 Å². The molecule has 0 saturated carbocycles. The summed E-state index contributed by atoms with van der Waals surface area (Å²) in [7, 11) is 1.35. The fourth-order valence-electron chi connectivity index (χ4n) is 2.49. The van der Waals surface area contributed by atoms with Crippen LogP contribution >= 0.6 is 11.6 Å². The van der Waals surface area contributed by atoms with Crippen molar-refractivity contribution in [3.63, 3.8) is 0 Å². The first kappa shape index (κ1) is 19.0. The van der Waals surface area contributed by atoms with E-state index in [2.05, 4.69) is 4.74 Å². The number of nitrogens with zero attached hydrogens (tertiary/aromatic N) is 1. The summed E-state index contributed by atoms with van der Waals surface area (Å²) in [6.45, 7) is 0.916. The van der Waals surface area contributed by atoms with Gasteiger partial charge in [0, 0.05) is 18.1 Å². The van der Waals surface area contributed by atoms with E-state index in [-0.39, 0.29) is 24.7 Å². The molecule has 132 valence electrons. The Bertz CT molecular complexity index is 686. The zero-order valence-corrected chi connectivity index (χ0v) is 15.0. The van der Waals surface area contributed by atoms with E-state index >= 15 is 0 Å². The molecule has 0 radical (unpaired) electrons. The molecule has 2 aromatic carbocycles. The molecule has 2 aromatic rings. The number of hydrogen-bond acceptors (Lipinski definition) is 3. The van der Waals surface area contributed by atoms with Crippen molar-refractivity contribution in [3.05, 3.63) is 70.7 Å². The van der Waals surface area contributed by atoms with Crippen LogP contribution in [0.1, 0.15) is 17.5 Å². The monoisotopic (exact) mass is 359 g/mol. The highest BCUT2D eigenvalue weighted by molar-refractivity contribution is 6.30. The van der Waals surface area contributed by atoms with Crippen molar-refractivity contribution in [1.82, 2.24) is 4.90 Å². The average Bonchev–Trinajstić information content (AvgIpc) is 2.64. The predicted octanol–water partition coefficient (Wildman–Crippen LogP) is 3.52. The van der Waals surface area contributed by atoms with Gasteiger partial charge in [0.05, 0.1) is 20.0 Å². The van der Waals surface area contributed by atoms with Crippen LogP contribution in [-0.4, -0.2) is 37.0 Å². The molecule has 25 heavy (non-hydrogen) atoms. The highest BCUT2D eigenvalue weighted by atomic mass is 35.5. The van der Waals surface area contributed by atoms with E-state index in [1.165, 1.54) is 7.11 Å². The molecule has 0 spiro atoms. The lowest BCUT2D eigenvalue weighted by molar-refractivity contribution is -0.141. The smallest absolute Gasteiger partial charge is 0.307 e. The molecule has 0 N–H and O–H groups in total. The van der Waals surface area contributed by atoms with Crippen LogP contribution < -0.4 is 0 Å². The van der Waals surface area contributed by atoms with Crippen molar-refractivity contribution in [2.75, 3.05) is 20.2 Å². The van der Waals surface area contributed by atoms with Crippen LogP contribution in [0.4, 0.5) is 0 Å². The lowest BCUT2D eigenvalue weighted by atomic mass is 10.1. The molecule has 0 saturated heterocycles. The van der Waals surface area contributed by atoms with E-state index in [4.69, 9.17) is 11.6 Å². The largest absolute Gasteiger partial charge is 0.469 e. The number of esters is 1. The Morgan fingerprint density at radius 1 is 0.960 bits per heavy atom. The molecule has 0 heterocycles. The summed E-state index contributed by atoms with van der Waals surface area (Å²) in [4.78, 5) is 25.8. The Balaban J connectivity index is 1.99. The second-order valence-electron chi connectivity index (χ2n) is 5.75. The van der Waals surface area contributed by atoms with Gasteiger partial charge in [0.15, 0.2) is 0 Å². The van der Waals surface area contributed by atoms with Gasteiger partial charge in [-0.3, -0.25) is 9.59 Å². The summed E-state index contributed by atoms with van der Waals surface area (Å²) in [5.74, 6) is -0.328. The van der Waals surface area contributed by atoms with Crippen molar-refractivity contribution in [2.24, 2.45) is 0 Å². The second-order valence-corrected chi connectivity index (χ2v) is 6.18. The number of benzene rings is 2. The summed E-state index contributed by atoms with van der Waals surface area (Å²) in [6.07, 6.45) is 1.22. The van der Waals surface area contributed by atoms with E-state index in [1.54, 1.807) is 17.0 Å². The van der Waals surface area contributed by atoms with Gasteiger partial charge in [0.2, 0.25) is 5.91 Å². The molecule has 1 amide bonds. The van der Waals surface area contributed by atoms with Gasteiger partial charge in [-0.2, -0.15) is 0 Å². The quantitative estimate of drug-likeness (QED) is 0.677. The highest BCUT2D eigenvalue weighted by Crippen LogP contribution is 2.12. The molecule has 0 aliphatic carbocycles. The van der Waals surface area contributed by atoms with Crippen LogP contribution in [-0.2, 0) is 27.2 Å². The Morgan fingerprint density at radius 2 is 1.64 bits per heavy atom. The third-order valence-corrected chi connectivity index (χ3v) is 4.20. The zero-order valence-electron chi connectivity index (χ0n) is 14.3. The van der Waals surface area contributed by atoms with Crippen molar-refractivity contribution in [1.29, 1.82) is 0 Å². The Morgan fingerprint density at radius 3 is 2.28 bits per heavy atom. The first-order valence-electron chi connectivity index (χ1n) is 8.21. The maximum absolute atomic E-state index is 12.7. The minimum absolute atomic E-state index is 0.0119. The van der Waals surface area contributed by atoms with Crippen LogP contribution in [0.5, 0.6) is 0 Å². The molecule has 0 unspecified atom stereocenters. The average molecular weight is 360 g/mol. The summed E-state index contributed by atoms with van der Waals surface area (Å²) < 4.78 is 4.68. The Labute approximate surface area is 153 Å². The van der Waals surface area contributed by atoms with Gasteiger partial charge >= 0.3 is 5.97 Å². The SMILES string of the molecule is COC(=O)CCN(CCc1ccccc1)C(=O)Cc1ccc(Cl)cc1. The first-order chi connectivity index (χ1) is 12.1. The van der Waals surface area contributed by atoms with Gasteiger partial charge in [-0.1, -0.05) is 54.1 Å². The maximum Gasteiger partial charge on any atom is 0.307 e. The maximum atomic E-state index is 12.7. The van der Waals surface area contributed by atoms with Crippen molar-refractivity contribution in [2.45, 2.75) is 19.3 Å². The molecule has 0 fully saturated rings. The molecule has 0 bridgehead atoms. The lowest BCUT2D eigenvalue weighted by Gasteiger charge is -2.22. The van der Waals surface area contributed by atoms with Gasteiger partial charge in [-0.15, -0.1) is 0 Å². The van der Waals surface area contributed by atoms with E-state index in [9.17, 15) is 9.59 Å². The molecule has 4 nitrogen and oxygen atoms in total. The van der Waals surface area contributed by atoms with Gasteiger partial charge in [0.25, 0.3) is 0 Å². The van der Waals surface area contributed by atoms with Gasteiger partial charge in [-0.25, -0.2) is 0 Å². The van der Waals surface area contributed by atoms with Gasteiger partial charge in [0.1, 0.15) is 0 Å². The molecular formula is C20H22ClNO3. The number of hydrogen-bond donors (Lipinski definition) is 0. The Hall–Kier alpha value is -2.33. The number of ether oxygens (including phenoxy) is 1. The van der Waals surface area contributed by atoms with Crippen LogP contribution in [0.2, 0.25) is 5.02 Å². The van der Waals surface area contributed by atoms with E-state index in [1.807, 2.05) is 42.5 Å². The number of halogens is 1. The fraction of sp³-hybridized carbons (Fsp3) is 0.300. The summed E-state index contributed by atoms with van der Waals surface area (Å²) in [5, 5.41) is 0.642. The fourth-order valence-corrected chi connectivity index (χ4v) is 2.61. The topological polar surface area (TPSA) is 46.6 Å². The summed E-state index contributed by atoms with van der Waals surface area (Å²) in [5.41, 5.74) is 2.06. The van der Waals surface area contributed by atoms with Crippen molar-refractivity contribution >= 4 is 23.5 Å². The molecule has 5 heteroatoms. The minimum Gasteiger partial charge on any atom is -0.469 e. The van der Waals surface area contributed by atoms with E-state index < -0.39 is 0 Å². The highest BCUT2D eigenvalue weighted by Gasteiger charge is 2.16. The van der Waals surface area contributed by atoms with Crippen molar-refractivity contribution in [3.8, 4) is 0 Å². The third kappa shape index (κ3) is 6.59. The van der Waals surface area contributed by atoms with Gasteiger partial charge < -0.3 is 9.64 Å². The second kappa shape index (κ2) is 9.84. The molecular weight excluding hydrogens is 338 g/mol. The molecule has 0 aliphatic rings. The van der Waals surface area contributed by atoms with Gasteiger partial charge in [-0.05, 0) is 29.7 Å². The van der Waals surface area contributed by atoms with Crippen LogP contribution in [0, 0.1) is 0 Å². The molecule has 0 aromatic heterocycles. The number of rotatable bonds is 8. The van der Waals surface area contributed by atoms with Crippen molar-refractivity contribution < 1.29 is 14.3 Å². The number of methoxy groups -OCH3 is 1. The van der Waals surface area contributed by atoms with Crippen LogP contribution in [0.3, 0.4) is 0 Å². The zero-order chi connectivity index (χ0) is 18.1. The number of carbonyl (C=O) groups is 2. The Kier molecular flexibility index (Phi) is 7.48. The number of amides is 1.